The van der Waals surface area contributed by atoms with E-state index in [1.54, 1.807) is 16.4 Å². The van der Waals surface area contributed by atoms with E-state index >= 15 is 0 Å². The number of nitrogens with zero attached hydrogens (tertiary/aromatic N) is 4. The van der Waals surface area contributed by atoms with Crippen LogP contribution < -0.4 is 19.5 Å². The molecule has 1 aliphatic heterocycles. The maximum atomic E-state index is 13.4. The van der Waals surface area contributed by atoms with Gasteiger partial charge in [0.1, 0.15) is 11.5 Å². The maximum absolute atomic E-state index is 13.4. The highest BCUT2D eigenvalue weighted by molar-refractivity contribution is 7.89. The van der Waals surface area contributed by atoms with Crippen LogP contribution in [0.4, 0.5) is 10.5 Å². The number of urea groups is 1. The monoisotopic (exact) mass is 583 g/mol. The number of aromatic nitrogens is 4. The Labute approximate surface area is 237 Å². The molecule has 4 aromatic rings. The first-order valence-electron chi connectivity index (χ1n) is 13.4. The van der Waals surface area contributed by atoms with Gasteiger partial charge < -0.3 is 29.4 Å². The van der Waals surface area contributed by atoms with Gasteiger partial charge in [0.2, 0.25) is 10.0 Å². The van der Waals surface area contributed by atoms with Gasteiger partial charge >= 0.3 is 12.0 Å². The number of H-pyrrole nitrogens is 1. The van der Waals surface area contributed by atoms with E-state index in [9.17, 15) is 13.2 Å². The third-order valence-electron chi connectivity index (χ3n) is 6.62. The Balaban J connectivity index is 1.34. The van der Waals surface area contributed by atoms with E-state index in [0.29, 0.717) is 56.8 Å². The molecule has 13 nitrogen and oxygen atoms in total. The van der Waals surface area contributed by atoms with Gasteiger partial charge in [-0.15, -0.1) is 5.10 Å². The Morgan fingerprint density at radius 3 is 2.68 bits per heavy atom. The average Bonchev–Trinajstić information content (AvgIpc) is 3.60. The van der Waals surface area contributed by atoms with E-state index in [1.165, 1.54) is 18.2 Å². The summed E-state index contributed by atoms with van der Waals surface area (Å²) in [5.74, 6) is 1.33. The molecule has 218 valence electrons. The number of nitrogens with one attached hydrogen (secondary N) is 3. The van der Waals surface area contributed by atoms with Gasteiger partial charge in [0, 0.05) is 37.4 Å². The molecule has 0 aliphatic carbocycles. The SMILES string of the molecule is CCOc1ccc(S(=O)(=O)N[C@H](C)c2nnc(Oc3ccc4cc[nH]c4c3)n2CC)cc1NC(=O)N1CCOCC1. The van der Waals surface area contributed by atoms with Crippen molar-refractivity contribution < 1.29 is 27.4 Å². The summed E-state index contributed by atoms with van der Waals surface area (Å²) in [4.78, 5) is 17.5. The summed E-state index contributed by atoms with van der Waals surface area (Å²) in [6.07, 6.45) is 1.85. The highest BCUT2D eigenvalue weighted by Gasteiger charge is 2.26. The predicted octanol–water partition coefficient (Wildman–Crippen LogP) is 3.87. The van der Waals surface area contributed by atoms with Crippen LogP contribution in [0.3, 0.4) is 0 Å². The number of rotatable bonds is 10. The standard InChI is InChI=1S/C27H33N7O6S/c1-4-34-25(30-31-27(34)40-20-7-6-19-10-11-28-22(19)16-20)18(3)32-41(36,37)21-8-9-24(39-5-2)23(17-21)29-26(35)33-12-14-38-15-13-33/h6-11,16-18,28,32H,4-5,12-15H2,1-3H3,(H,29,35)/t18-/m1/s1. The number of amides is 2. The van der Waals surface area contributed by atoms with E-state index in [4.69, 9.17) is 14.2 Å². The van der Waals surface area contributed by atoms with Crippen molar-refractivity contribution in [3.05, 3.63) is 54.5 Å². The minimum Gasteiger partial charge on any atom is -0.492 e. The summed E-state index contributed by atoms with van der Waals surface area (Å²) in [6.45, 7) is 7.95. The third kappa shape index (κ3) is 6.29. The van der Waals surface area contributed by atoms with Crippen LogP contribution >= 0.6 is 0 Å². The number of carbonyl (C=O) groups excluding carboxylic acids is 1. The van der Waals surface area contributed by atoms with Crippen LogP contribution in [0.2, 0.25) is 0 Å². The Bertz CT molecular complexity index is 1630. The van der Waals surface area contributed by atoms with Crippen molar-refractivity contribution in [3.8, 4) is 17.5 Å². The van der Waals surface area contributed by atoms with Crippen molar-refractivity contribution in [2.45, 2.75) is 38.3 Å². The van der Waals surface area contributed by atoms with Crippen molar-refractivity contribution in [1.29, 1.82) is 0 Å². The first-order chi connectivity index (χ1) is 19.8. The van der Waals surface area contributed by atoms with Crippen LogP contribution in [0, 0.1) is 0 Å². The molecule has 0 radical (unpaired) electrons. The summed E-state index contributed by atoms with van der Waals surface area (Å²) < 4.78 is 48.2. The van der Waals surface area contributed by atoms with Crippen molar-refractivity contribution >= 4 is 32.6 Å². The van der Waals surface area contributed by atoms with E-state index in [-0.39, 0.29) is 22.6 Å². The van der Waals surface area contributed by atoms with E-state index in [0.717, 1.165) is 10.9 Å². The molecule has 0 unspecified atom stereocenters. The average molecular weight is 584 g/mol. The van der Waals surface area contributed by atoms with E-state index in [1.807, 2.05) is 44.3 Å². The molecular weight excluding hydrogens is 550 g/mol. The number of aromatic amines is 1. The summed E-state index contributed by atoms with van der Waals surface area (Å²) in [5.41, 5.74) is 1.17. The molecule has 1 saturated heterocycles. The lowest BCUT2D eigenvalue weighted by molar-refractivity contribution is 0.0564. The molecule has 1 fully saturated rings. The van der Waals surface area contributed by atoms with Crippen LogP contribution in [0.5, 0.6) is 17.5 Å². The fourth-order valence-electron chi connectivity index (χ4n) is 4.56. The molecular formula is C27H33N7O6S. The second-order valence-corrected chi connectivity index (χ2v) is 11.1. The van der Waals surface area contributed by atoms with Gasteiger partial charge in [-0.25, -0.2) is 17.9 Å². The third-order valence-corrected chi connectivity index (χ3v) is 8.16. The number of benzene rings is 2. The molecule has 3 N–H and O–H groups in total. The predicted molar refractivity (Wildman–Crippen MR) is 152 cm³/mol. The van der Waals surface area contributed by atoms with Crippen LogP contribution in [0.15, 0.2) is 53.6 Å². The Hall–Kier alpha value is -4.14. The molecule has 3 heterocycles. The zero-order chi connectivity index (χ0) is 29.0. The molecule has 14 heteroatoms. The molecule has 0 bridgehead atoms. The van der Waals surface area contributed by atoms with Crippen molar-refractivity contribution in [2.75, 3.05) is 38.2 Å². The van der Waals surface area contributed by atoms with Gasteiger partial charge in [-0.2, -0.15) is 0 Å². The lowest BCUT2D eigenvalue weighted by Crippen LogP contribution is -2.43. The zero-order valence-corrected chi connectivity index (χ0v) is 23.9. The maximum Gasteiger partial charge on any atom is 0.322 e. The number of carbonyl (C=O) groups is 1. The minimum atomic E-state index is -4.03. The summed E-state index contributed by atoms with van der Waals surface area (Å²) in [5, 5.41) is 12.2. The highest BCUT2D eigenvalue weighted by atomic mass is 32.2. The van der Waals surface area contributed by atoms with Gasteiger partial charge in [-0.05, 0) is 62.6 Å². The number of hydrogen-bond donors (Lipinski definition) is 3. The van der Waals surface area contributed by atoms with E-state index in [2.05, 4.69) is 25.2 Å². The molecule has 5 rings (SSSR count). The topological polar surface area (TPSA) is 153 Å². The first-order valence-corrected chi connectivity index (χ1v) is 14.9. The summed E-state index contributed by atoms with van der Waals surface area (Å²) in [6, 6.07) is 11.1. The second kappa shape index (κ2) is 12.2. The number of ether oxygens (including phenoxy) is 3. The van der Waals surface area contributed by atoms with Crippen LogP contribution in [0.25, 0.3) is 10.9 Å². The fourth-order valence-corrected chi connectivity index (χ4v) is 5.79. The minimum absolute atomic E-state index is 0.0385. The fraction of sp³-hybridized carbons (Fsp3) is 0.370. The van der Waals surface area contributed by atoms with Crippen molar-refractivity contribution in [3.63, 3.8) is 0 Å². The quantitative estimate of drug-likeness (QED) is 0.254. The lowest BCUT2D eigenvalue weighted by atomic mass is 10.2. The first kappa shape index (κ1) is 28.4. The molecule has 1 aliphatic rings. The lowest BCUT2D eigenvalue weighted by Gasteiger charge is -2.27. The largest absolute Gasteiger partial charge is 0.492 e. The Morgan fingerprint density at radius 2 is 1.93 bits per heavy atom. The number of fused-ring (bicyclic) bond motifs is 1. The number of sulfonamides is 1. The Morgan fingerprint density at radius 1 is 1.12 bits per heavy atom. The number of morpholine rings is 1. The normalized spacial score (nSPS) is 14.7. The molecule has 1 atom stereocenters. The van der Waals surface area contributed by atoms with Crippen LogP contribution in [-0.4, -0.2) is 72.0 Å². The van der Waals surface area contributed by atoms with Crippen molar-refractivity contribution in [2.24, 2.45) is 0 Å². The van der Waals surface area contributed by atoms with Crippen LogP contribution in [0.1, 0.15) is 32.6 Å². The Kier molecular flexibility index (Phi) is 8.42. The molecule has 41 heavy (non-hydrogen) atoms. The molecule has 2 aromatic carbocycles. The van der Waals surface area contributed by atoms with Gasteiger partial charge in [0.05, 0.1) is 36.4 Å². The van der Waals surface area contributed by atoms with E-state index < -0.39 is 16.1 Å². The molecule has 2 aromatic heterocycles. The summed E-state index contributed by atoms with van der Waals surface area (Å²) >= 11 is 0. The number of hydrogen-bond acceptors (Lipinski definition) is 8. The highest BCUT2D eigenvalue weighted by Crippen LogP contribution is 2.30. The van der Waals surface area contributed by atoms with Gasteiger partial charge in [0.15, 0.2) is 5.82 Å². The van der Waals surface area contributed by atoms with Gasteiger partial charge in [0.25, 0.3) is 0 Å². The molecule has 2 amide bonds. The summed E-state index contributed by atoms with van der Waals surface area (Å²) in [7, 11) is -4.03. The van der Waals surface area contributed by atoms with Crippen LogP contribution in [-0.2, 0) is 21.3 Å². The molecule has 0 spiro atoms. The molecule has 0 saturated carbocycles. The van der Waals surface area contributed by atoms with Crippen molar-refractivity contribution in [1.82, 2.24) is 29.4 Å². The zero-order valence-electron chi connectivity index (χ0n) is 23.1. The number of anilines is 1. The smallest absolute Gasteiger partial charge is 0.322 e. The second-order valence-electron chi connectivity index (χ2n) is 9.38. The van der Waals surface area contributed by atoms with Gasteiger partial charge in [-0.1, -0.05) is 5.10 Å². The van der Waals surface area contributed by atoms with Gasteiger partial charge in [-0.3, -0.25) is 4.57 Å².